The van der Waals surface area contributed by atoms with Crippen LogP contribution in [0.15, 0.2) is 0 Å². The van der Waals surface area contributed by atoms with Crippen LogP contribution >= 0.6 is 0 Å². The van der Waals surface area contributed by atoms with E-state index in [1.807, 2.05) is 27.7 Å². The zero-order valence-electron chi connectivity index (χ0n) is 15.6. The Balaban J connectivity index is 1.71. The second kappa shape index (κ2) is 8.19. The van der Waals surface area contributed by atoms with Gasteiger partial charge in [-0.15, -0.1) is 0 Å². The van der Waals surface area contributed by atoms with Crippen molar-refractivity contribution in [1.82, 2.24) is 15.5 Å². The Hall–Kier alpha value is -1.30. The summed E-state index contributed by atoms with van der Waals surface area (Å²) in [5, 5.41) is 6.11. The summed E-state index contributed by atoms with van der Waals surface area (Å²) in [6, 6.07) is 0.389. The van der Waals surface area contributed by atoms with Crippen LogP contribution in [0.3, 0.4) is 0 Å². The summed E-state index contributed by atoms with van der Waals surface area (Å²) >= 11 is 0. The molecule has 2 aliphatic rings. The lowest BCUT2D eigenvalue weighted by Crippen LogP contribution is -2.53. The zero-order chi connectivity index (χ0) is 17.7. The number of nitrogens with zero attached hydrogens (tertiary/aromatic N) is 1. The maximum Gasteiger partial charge on any atom is 0.407 e. The summed E-state index contributed by atoms with van der Waals surface area (Å²) in [5.74, 6) is 0.139. The summed E-state index contributed by atoms with van der Waals surface area (Å²) in [6.07, 6.45) is 6.01. The number of ether oxygens (including phenoxy) is 1. The lowest BCUT2D eigenvalue weighted by molar-refractivity contribution is -0.127. The highest BCUT2D eigenvalue weighted by atomic mass is 16.6. The van der Waals surface area contributed by atoms with Crippen molar-refractivity contribution in [2.45, 2.75) is 89.9 Å². The molecule has 0 bridgehead atoms. The van der Waals surface area contributed by atoms with Gasteiger partial charge in [-0.1, -0.05) is 12.8 Å². The van der Waals surface area contributed by atoms with Gasteiger partial charge in [0.25, 0.3) is 0 Å². The fourth-order valence-electron chi connectivity index (χ4n) is 3.46. The molecule has 1 saturated carbocycles. The summed E-state index contributed by atoms with van der Waals surface area (Å²) in [7, 11) is 0. The van der Waals surface area contributed by atoms with Gasteiger partial charge < -0.3 is 15.4 Å². The Labute approximate surface area is 145 Å². The van der Waals surface area contributed by atoms with E-state index in [2.05, 4.69) is 15.5 Å². The highest BCUT2D eigenvalue weighted by molar-refractivity contribution is 5.81. The molecule has 2 fully saturated rings. The lowest BCUT2D eigenvalue weighted by Gasteiger charge is -2.36. The molecule has 0 aromatic heterocycles. The minimum absolute atomic E-state index is 0.104. The van der Waals surface area contributed by atoms with Crippen molar-refractivity contribution < 1.29 is 14.3 Å². The van der Waals surface area contributed by atoms with Crippen molar-refractivity contribution in [3.8, 4) is 0 Å². The Morgan fingerprint density at radius 1 is 1.00 bits per heavy atom. The van der Waals surface area contributed by atoms with Crippen LogP contribution in [-0.4, -0.2) is 53.7 Å². The van der Waals surface area contributed by atoms with Crippen molar-refractivity contribution >= 4 is 12.0 Å². The Kier molecular flexibility index (Phi) is 6.49. The van der Waals surface area contributed by atoms with Crippen LogP contribution in [-0.2, 0) is 9.53 Å². The van der Waals surface area contributed by atoms with Gasteiger partial charge >= 0.3 is 6.09 Å². The summed E-state index contributed by atoms with van der Waals surface area (Å²) < 4.78 is 5.30. The van der Waals surface area contributed by atoms with Gasteiger partial charge in [0, 0.05) is 25.2 Å². The third-order valence-corrected chi connectivity index (χ3v) is 4.88. The van der Waals surface area contributed by atoms with Gasteiger partial charge in [0.15, 0.2) is 0 Å². The van der Waals surface area contributed by atoms with Gasteiger partial charge in [0.2, 0.25) is 5.91 Å². The number of carbonyl (C=O) groups is 2. The molecule has 0 aromatic rings. The van der Waals surface area contributed by atoms with E-state index in [4.69, 9.17) is 4.74 Å². The third kappa shape index (κ3) is 5.96. The normalized spacial score (nSPS) is 22.2. The predicted octanol–water partition coefficient (Wildman–Crippen LogP) is 2.42. The molecule has 0 radical (unpaired) electrons. The molecule has 24 heavy (non-hydrogen) atoms. The van der Waals surface area contributed by atoms with E-state index in [0.717, 1.165) is 38.8 Å². The van der Waals surface area contributed by atoms with Crippen LogP contribution in [0.2, 0.25) is 0 Å². The first kappa shape index (κ1) is 19.0. The van der Waals surface area contributed by atoms with Crippen molar-refractivity contribution in [3.05, 3.63) is 0 Å². The Morgan fingerprint density at radius 3 is 2.08 bits per heavy atom. The van der Waals surface area contributed by atoms with Crippen LogP contribution in [0.5, 0.6) is 0 Å². The summed E-state index contributed by atoms with van der Waals surface area (Å²) in [4.78, 5) is 26.4. The average molecular weight is 339 g/mol. The first-order valence-corrected chi connectivity index (χ1v) is 9.28. The van der Waals surface area contributed by atoms with Gasteiger partial charge in [0.1, 0.15) is 5.60 Å². The topological polar surface area (TPSA) is 70.7 Å². The third-order valence-electron chi connectivity index (χ3n) is 4.88. The molecular formula is C18H33N3O3. The number of hydrogen-bond acceptors (Lipinski definition) is 4. The van der Waals surface area contributed by atoms with E-state index < -0.39 is 5.60 Å². The van der Waals surface area contributed by atoms with E-state index >= 15 is 0 Å². The highest BCUT2D eigenvalue weighted by Crippen LogP contribution is 2.19. The molecule has 138 valence electrons. The van der Waals surface area contributed by atoms with Crippen LogP contribution < -0.4 is 10.6 Å². The lowest BCUT2D eigenvalue weighted by atomic mass is 10.0. The first-order chi connectivity index (χ1) is 11.2. The number of carbonyl (C=O) groups excluding carboxylic acids is 2. The van der Waals surface area contributed by atoms with Crippen molar-refractivity contribution in [3.63, 3.8) is 0 Å². The second-order valence-corrected chi connectivity index (χ2v) is 8.12. The van der Waals surface area contributed by atoms with Gasteiger partial charge in [-0.05, 0) is 53.4 Å². The number of rotatable bonds is 4. The number of amides is 2. The molecule has 1 aliphatic heterocycles. The van der Waals surface area contributed by atoms with E-state index in [1.165, 1.54) is 12.8 Å². The molecule has 0 spiro atoms. The number of nitrogens with one attached hydrogen (secondary N) is 2. The van der Waals surface area contributed by atoms with Crippen LogP contribution in [0.1, 0.15) is 66.2 Å². The predicted molar refractivity (Wildman–Crippen MR) is 93.8 cm³/mol. The van der Waals surface area contributed by atoms with E-state index in [9.17, 15) is 9.59 Å². The van der Waals surface area contributed by atoms with Gasteiger partial charge in [-0.3, -0.25) is 9.69 Å². The number of hydrogen-bond donors (Lipinski definition) is 2. The molecule has 6 heteroatoms. The van der Waals surface area contributed by atoms with E-state index in [0.29, 0.717) is 6.04 Å². The standard InChI is InChI=1S/C18H33N3O3/c1-13(16(22)19-14-7-5-6-8-14)21-11-9-15(10-12-21)20-17(23)24-18(2,3)4/h13-15H,5-12H2,1-4H3,(H,19,22)(H,20,23)/t13-/m0/s1. The fourth-order valence-corrected chi connectivity index (χ4v) is 3.46. The molecule has 1 aliphatic carbocycles. The van der Waals surface area contributed by atoms with E-state index in [1.54, 1.807) is 0 Å². The van der Waals surface area contributed by atoms with E-state index in [-0.39, 0.29) is 24.1 Å². The maximum atomic E-state index is 12.4. The average Bonchev–Trinajstić information content (AvgIpc) is 2.98. The second-order valence-electron chi connectivity index (χ2n) is 8.12. The Morgan fingerprint density at radius 2 is 1.54 bits per heavy atom. The number of likely N-dealkylation sites (tertiary alicyclic amines) is 1. The summed E-state index contributed by atoms with van der Waals surface area (Å²) in [6.45, 7) is 9.20. The quantitative estimate of drug-likeness (QED) is 0.825. The smallest absolute Gasteiger partial charge is 0.407 e. The minimum Gasteiger partial charge on any atom is -0.444 e. The molecule has 0 aromatic carbocycles. The monoisotopic (exact) mass is 339 g/mol. The SMILES string of the molecule is C[C@@H](C(=O)NC1CCCC1)N1CCC(NC(=O)OC(C)(C)C)CC1. The Bertz CT molecular complexity index is 433. The summed E-state index contributed by atoms with van der Waals surface area (Å²) in [5.41, 5.74) is -0.475. The number of alkyl carbamates (subject to hydrolysis) is 1. The molecule has 2 rings (SSSR count). The van der Waals surface area contributed by atoms with Crippen LogP contribution in [0, 0.1) is 0 Å². The largest absolute Gasteiger partial charge is 0.444 e. The molecule has 2 N–H and O–H groups in total. The van der Waals surface area contributed by atoms with Crippen molar-refractivity contribution in [2.24, 2.45) is 0 Å². The van der Waals surface area contributed by atoms with Gasteiger partial charge in [0.05, 0.1) is 6.04 Å². The van der Waals surface area contributed by atoms with Crippen LogP contribution in [0.25, 0.3) is 0 Å². The van der Waals surface area contributed by atoms with Crippen molar-refractivity contribution in [2.75, 3.05) is 13.1 Å². The molecule has 6 nitrogen and oxygen atoms in total. The maximum absolute atomic E-state index is 12.4. The fraction of sp³-hybridized carbons (Fsp3) is 0.889. The number of piperidine rings is 1. The minimum atomic E-state index is -0.475. The molecular weight excluding hydrogens is 306 g/mol. The van der Waals surface area contributed by atoms with Crippen LogP contribution in [0.4, 0.5) is 4.79 Å². The molecule has 2 amide bonds. The highest BCUT2D eigenvalue weighted by Gasteiger charge is 2.29. The zero-order valence-corrected chi connectivity index (χ0v) is 15.6. The molecule has 0 unspecified atom stereocenters. The van der Waals surface area contributed by atoms with Gasteiger partial charge in [-0.2, -0.15) is 0 Å². The molecule has 1 heterocycles. The van der Waals surface area contributed by atoms with Gasteiger partial charge in [-0.25, -0.2) is 4.79 Å². The first-order valence-electron chi connectivity index (χ1n) is 9.28. The molecule has 1 saturated heterocycles. The van der Waals surface area contributed by atoms with Crippen molar-refractivity contribution in [1.29, 1.82) is 0 Å². The molecule has 1 atom stereocenters.